The Hall–Kier alpha value is -0.120. The third-order valence-electron chi connectivity index (χ3n) is 4.50. The first-order valence-corrected chi connectivity index (χ1v) is 6.05. The summed E-state index contributed by atoms with van der Waals surface area (Å²) in [5.74, 6) is 0.189. The normalized spacial score (nSPS) is 54.0. The zero-order valence-electron chi connectivity index (χ0n) is 9.62. The minimum atomic E-state index is -0.416. The van der Waals surface area contributed by atoms with Crippen molar-refractivity contribution >= 4 is 0 Å². The van der Waals surface area contributed by atoms with Gasteiger partial charge in [0.15, 0.2) is 5.79 Å². The molecule has 0 bridgehead atoms. The summed E-state index contributed by atoms with van der Waals surface area (Å²) in [6.45, 7) is 2.93. The summed E-state index contributed by atoms with van der Waals surface area (Å²) in [6, 6.07) is 0. The third-order valence-corrected chi connectivity index (χ3v) is 4.50. The molecule has 86 valence electrons. The summed E-state index contributed by atoms with van der Waals surface area (Å²) >= 11 is 0. The second kappa shape index (κ2) is 3.19. The van der Waals surface area contributed by atoms with E-state index in [0.29, 0.717) is 5.92 Å². The van der Waals surface area contributed by atoms with Crippen LogP contribution in [0.2, 0.25) is 0 Å². The van der Waals surface area contributed by atoms with E-state index in [0.717, 1.165) is 19.4 Å². The summed E-state index contributed by atoms with van der Waals surface area (Å²) in [6.07, 6.45) is 6.18. The molecule has 3 nitrogen and oxygen atoms in total. The molecule has 2 saturated heterocycles. The van der Waals surface area contributed by atoms with E-state index in [4.69, 9.17) is 14.2 Å². The Labute approximate surface area is 91.1 Å². The Kier molecular flexibility index (Phi) is 2.14. The SMILES string of the molecule is CO[C@@]1(C)C[C@@H]2OC[C@@H]3CCCC[C@]32O1. The molecule has 3 aliphatic rings. The van der Waals surface area contributed by atoms with Crippen LogP contribution in [0, 0.1) is 5.92 Å². The van der Waals surface area contributed by atoms with Crippen molar-refractivity contribution in [2.24, 2.45) is 5.92 Å². The molecule has 0 amide bonds. The Bertz CT molecular complexity index is 266. The number of rotatable bonds is 1. The van der Waals surface area contributed by atoms with Crippen LogP contribution in [0.15, 0.2) is 0 Å². The van der Waals surface area contributed by atoms with E-state index in [-0.39, 0.29) is 11.7 Å². The summed E-state index contributed by atoms with van der Waals surface area (Å²) in [5.41, 5.74) is -0.0109. The molecule has 0 N–H and O–H groups in total. The highest BCUT2D eigenvalue weighted by Crippen LogP contribution is 2.54. The van der Waals surface area contributed by atoms with Crippen molar-refractivity contribution in [3.63, 3.8) is 0 Å². The van der Waals surface area contributed by atoms with E-state index < -0.39 is 5.79 Å². The summed E-state index contributed by atoms with van der Waals surface area (Å²) in [7, 11) is 1.73. The zero-order chi connectivity index (χ0) is 10.5. The molecule has 0 aromatic carbocycles. The van der Waals surface area contributed by atoms with E-state index in [1.807, 2.05) is 6.92 Å². The molecule has 3 fully saturated rings. The molecule has 4 atom stereocenters. The van der Waals surface area contributed by atoms with Crippen molar-refractivity contribution in [2.75, 3.05) is 13.7 Å². The standard InChI is InChI=1S/C12H20O3/c1-11(13-2)7-10-12(15-11)6-4-3-5-9(12)8-14-10/h9-10H,3-8H2,1-2H3/t9-,10-,11+,12-/m0/s1. The van der Waals surface area contributed by atoms with E-state index in [1.54, 1.807) is 7.11 Å². The monoisotopic (exact) mass is 212 g/mol. The molecule has 0 radical (unpaired) electrons. The fraction of sp³-hybridized carbons (Fsp3) is 1.00. The van der Waals surface area contributed by atoms with Crippen molar-refractivity contribution < 1.29 is 14.2 Å². The predicted octanol–water partition coefficient (Wildman–Crippen LogP) is 2.10. The summed E-state index contributed by atoms with van der Waals surface area (Å²) in [5, 5.41) is 0. The topological polar surface area (TPSA) is 27.7 Å². The molecular weight excluding hydrogens is 192 g/mol. The number of hydrogen-bond donors (Lipinski definition) is 0. The van der Waals surface area contributed by atoms with Gasteiger partial charge in [0.05, 0.1) is 12.7 Å². The summed E-state index contributed by atoms with van der Waals surface area (Å²) in [4.78, 5) is 0. The Morgan fingerprint density at radius 2 is 2.20 bits per heavy atom. The molecular formula is C12H20O3. The highest BCUT2D eigenvalue weighted by atomic mass is 16.7. The average Bonchev–Trinajstić information content (AvgIpc) is 2.69. The van der Waals surface area contributed by atoms with Crippen LogP contribution in [0.3, 0.4) is 0 Å². The lowest BCUT2D eigenvalue weighted by Crippen LogP contribution is -2.45. The van der Waals surface area contributed by atoms with Gasteiger partial charge in [-0.25, -0.2) is 0 Å². The Morgan fingerprint density at radius 1 is 1.33 bits per heavy atom. The molecule has 3 rings (SSSR count). The van der Waals surface area contributed by atoms with Gasteiger partial charge in [-0.15, -0.1) is 0 Å². The van der Waals surface area contributed by atoms with E-state index in [2.05, 4.69) is 0 Å². The van der Waals surface area contributed by atoms with Crippen LogP contribution >= 0.6 is 0 Å². The van der Waals surface area contributed by atoms with Gasteiger partial charge in [0.1, 0.15) is 5.60 Å². The first kappa shape index (κ1) is 10.1. The van der Waals surface area contributed by atoms with Crippen molar-refractivity contribution in [3.8, 4) is 0 Å². The van der Waals surface area contributed by atoms with Gasteiger partial charge in [-0.1, -0.05) is 12.8 Å². The van der Waals surface area contributed by atoms with Crippen LogP contribution in [0.5, 0.6) is 0 Å². The second-order valence-electron chi connectivity index (χ2n) is 5.36. The van der Waals surface area contributed by atoms with Gasteiger partial charge in [0.25, 0.3) is 0 Å². The maximum Gasteiger partial charge on any atom is 0.168 e. The Balaban J connectivity index is 1.89. The zero-order valence-corrected chi connectivity index (χ0v) is 9.62. The van der Waals surface area contributed by atoms with Crippen LogP contribution in [0.25, 0.3) is 0 Å². The first-order valence-electron chi connectivity index (χ1n) is 6.05. The number of ether oxygens (including phenoxy) is 3. The molecule has 15 heavy (non-hydrogen) atoms. The first-order chi connectivity index (χ1) is 7.19. The summed E-state index contributed by atoms with van der Waals surface area (Å²) < 4.78 is 17.6. The van der Waals surface area contributed by atoms with Crippen LogP contribution in [-0.4, -0.2) is 31.2 Å². The van der Waals surface area contributed by atoms with Gasteiger partial charge in [0.2, 0.25) is 0 Å². The van der Waals surface area contributed by atoms with Crippen molar-refractivity contribution in [3.05, 3.63) is 0 Å². The maximum absolute atomic E-state index is 6.27. The van der Waals surface area contributed by atoms with Crippen LogP contribution in [-0.2, 0) is 14.2 Å². The molecule has 0 unspecified atom stereocenters. The minimum Gasteiger partial charge on any atom is -0.375 e. The van der Waals surface area contributed by atoms with E-state index >= 15 is 0 Å². The average molecular weight is 212 g/mol. The lowest BCUT2D eigenvalue weighted by Gasteiger charge is -2.38. The molecule has 0 aromatic rings. The van der Waals surface area contributed by atoms with Crippen molar-refractivity contribution in [1.29, 1.82) is 0 Å². The predicted molar refractivity (Wildman–Crippen MR) is 55.5 cm³/mol. The van der Waals surface area contributed by atoms with Gasteiger partial charge >= 0.3 is 0 Å². The van der Waals surface area contributed by atoms with E-state index in [9.17, 15) is 0 Å². The minimum absolute atomic E-state index is 0.0109. The van der Waals surface area contributed by atoms with Gasteiger partial charge in [0, 0.05) is 19.4 Å². The van der Waals surface area contributed by atoms with Gasteiger partial charge in [-0.3, -0.25) is 0 Å². The second-order valence-corrected chi connectivity index (χ2v) is 5.36. The van der Waals surface area contributed by atoms with Crippen molar-refractivity contribution in [1.82, 2.24) is 0 Å². The Morgan fingerprint density at radius 3 is 3.00 bits per heavy atom. The smallest absolute Gasteiger partial charge is 0.168 e. The molecule has 2 aliphatic heterocycles. The third kappa shape index (κ3) is 1.30. The molecule has 0 aromatic heterocycles. The quantitative estimate of drug-likeness (QED) is 0.666. The largest absolute Gasteiger partial charge is 0.375 e. The van der Waals surface area contributed by atoms with Gasteiger partial charge in [-0.05, 0) is 19.8 Å². The highest BCUT2D eigenvalue weighted by Gasteiger charge is 2.62. The molecule has 1 aliphatic carbocycles. The van der Waals surface area contributed by atoms with Crippen LogP contribution in [0.1, 0.15) is 39.0 Å². The van der Waals surface area contributed by atoms with Gasteiger partial charge < -0.3 is 14.2 Å². The molecule has 3 heteroatoms. The number of methoxy groups -OCH3 is 1. The lowest BCUT2D eigenvalue weighted by molar-refractivity contribution is -0.243. The fourth-order valence-electron chi connectivity index (χ4n) is 3.60. The maximum atomic E-state index is 6.27. The fourth-order valence-corrected chi connectivity index (χ4v) is 3.60. The van der Waals surface area contributed by atoms with Crippen molar-refractivity contribution in [2.45, 2.75) is 56.5 Å². The van der Waals surface area contributed by atoms with E-state index in [1.165, 1.54) is 19.3 Å². The molecule has 1 spiro atoms. The molecule has 1 saturated carbocycles. The number of hydrogen-bond acceptors (Lipinski definition) is 3. The lowest BCUT2D eigenvalue weighted by atomic mass is 9.75. The molecule has 2 heterocycles. The van der Waals surface area contributed by atoms with Crippen LogP contribution in [0.4, 0.5) is 0 Å². The van der Waals surface area contributed by atoms with Crippen LogP contribution < -0.4 is 0 Å². The van der Waals surface area contributed by atoms with Gasteiger partial charge in [-0.2, -0.15) is 0 Å². The highest BCUT2D eigenvalue weighted by molar-refractivity contribution is 5.08.